The number of fused-ring (bicyclic) bond motifs is 1. The lowest BCUT2D eigenvalue weighted by Crippen LogP contribution is -2.40. The predicted molar refractivity (Wildman–Crippen MR) is 91.5 cm³/mol. The van der Waals surface area contributed by atoms with Crippen LogP contribution in [0, 0.1) is 19.8 Å². The van der Waals surface area contributed by atoms with E-state index < -0.39 is 6.10 Å². The third-order valence-corrected chi connectivity index (χ3v) is 5.08. The Morgan fingerprint density at radius 1 is 1.17 bits per heavy atom. The smallest absolute Gasteiger partial charge is 0.0959 e. The molecule has 1 aromatic carbocycles. The number of piperidine rings is 1. The van der Waals surface area contributed by atoms with E-state index in [1.807, 2.05) is 10.9 Å². The lowest BCUT2D eigenvalue weighted by Gasteiger charge is -2.32. The van der Waals surface area contributed by atoms with E-state index in [1.165, 1.54) is 11.1 Å². The Hall–Kier alpha value is -1.43. The molecule has 23 heavy (non-hydrogen) atoms. The minimum atomic E-state index is -0.403. The van der Waals surface area contributed by atoms with Crippen LogP contribution in [0.1, 0.15) is 24.0 Å². The summed E-state index contributed by atoms with van der Waals surface area (Å²) >= 11 is 0. The van der Waals surface area contributed by atoms with E-state index in [0.29, 0.717) is 19.0 Å². The quantitative estimate of drug-likeness (QED) is 0.881. The number of hydrogen-bond donors (Lipinski definition) is 2. The van der Waals surface area contributed by atoms with Crippen molar-refractivity contribution in [1.29, 1.82) is 0 Å². The molecule has 0 radical (unpaired) electrons. The highest BCUT2D eigenvalue weighted by Gasteiger charge is 2.20. The van der Waals surface area contributed by atoms with Crippen LogP contribution in [0.25, 0.3) is 11.0 Å². The van der Waals surface area contributed by atoms with E-state index in [4.69, 9.17) is 0 Å². The van der Waals surface area contributed by atoms with E-state index >= 15 is 0 Å². The van der Waals surface area contributed by atoms with Crippen LogP contribution in [0.2, 0.25) is 0 Å². The zero-order valence-corrected chi connectivity index (χ0v) is 14.1. The molecule has 0 spiro atoms. The molecule has 5 nitrogen and oxygen atoms in total. The molecule has 1 aliphatic heterocycles. The Morgan fingerprint density at radius 3 is 2.57 bits per heavy atom. The molecule has 1 unspecified atom stereocenters. The number of rotatable bonds is 5. The number of aliphatic hydroxyl groups excluding tert-OH is 2. The van der Waals surface area contributed by atoms with E-state index in [-0.39, 0.29) is 6.61 Å². The highest BCUT2D eigenvalue weighted by Crippen LogP contribution is 2.20. The Morgan fingerprint density at radius 2 is 1.87 bits per heavy atom. The van der Waals surface area contributed by atoms with Crippen molar-refractivity contribution in [2.24, 2.45) is 5.92 Å². The second-order valence-electron chi connectivity index (χ2n) is 6.90. The summed E-state index contributed by atoms with van der Waals surface area (Å²) in [7, 11) is 0. The number of aryl methyl sites for hydroxylation is 2. The number of benzene rings is 1. The largest absolute Gasteiger partial charge is 0.396 e. The van der Waals surface area contributed by atoms with Crippen molar-refractivity contribution in [2.45, 2.75) is 39.3 Å². The summed E-state index contributed by atoms with van der Waals surface area (Å²) in [5, 5.41) is 19.6. The topological polar surface area (TPSA) is 61.5 Å². The molecule has 2 heterocycles. The Balaban J connectivity index is 1.62. The molecule has 0 aliphatic carbocycles. The summed E-state index contributed by atoms with van der Waals surface area (Å²) < 4.78 is 2.05. The van der Waals surface area contributed by atoms with Gasteiger partial charge in [0.1, 0.15) is 0 Å². The highest BCUT2D eigenvalue weighted by molar-refractivity contribution is 5.77. The van der Waals surface area contributed by atoms with Gasteiger partial charge in [-0.1, -0.05) is 0 Å². The maximum Gasteiger partial charge on any atom is 0.0959 e. The van der Waals surface area contributed by atoms with Crippen LogP contribution in [0.15, 0.2) is 18.5 Å². The van der Waals surface area contributed by atoms with Gasteiger partial charge in [0.15, 0.2) is 0 Å². The van der Waals surface area contributed by atoms with Gasteiger partial charge in [-0.2, -0.15) is 0 Å². The van der Waals surface area contributed by atoms with Gasteiger partial charge >= 0.3 is 0 Å². The van der Waals surface area contributed by atoms with Crippen molar-refractivity contribution in [1.82, 2.24) is 14.5 Å². The molecule has 1 aliphatic rings. The average molecular weight is 317 g/mol. The lowest BCUT2D eigenvalue weighted by molar-refractivity contribution is 0.0685. The van der Waals surface area contributed by atoms with Gasteiger partial charge in [0.2, 0.25) is 0 Å². The molecule has 5 heteroatoms. The Bertz CT molecular complexity index is 660. The predicted octanol–water partition coefficient (Wildman–Crippen LogP) is 1.72. The van der Waals surface area contributed by atoms with Crippen LogP contribution in [0.3, 0.4) is 0 Å². The summed E-state index contributed by atoms with van der Waals surface area (Å²) in [4.78, 5) is 6.75. The fourth-order valence-corrected chi connectivity index (χ4v) is 3.39. The van der Waals surface area contributed by atoms with E-state index in [0.717, 1.165) is 37.0 Å². The first-order chi connectivity index (χ1) is 11.1. The SMILES string of the molecule is Cc1cc2ncn(CC(O)CN3CCC(CO)CC3)c2cc1C. The number of β-amino-alcohol motifs (C(OH)–C–C–N with tert-alkyl or cyclic N) is 1. The van der Waals surface area contributed by atoms with Crippen LogP contribution in [0.4, 0.5) is 0 Å². The number of hydrogen-bond acceptors (Lipinski definition) is 4. The molecular weight excluding hydrogens is 290 g/mol. The number of aliphatic hydroxyl groups is 2. The maximum absolute atomic E-state index is 10.4. The van der Waals surface area contributed by atoms with E-state index in [9.17, 15) is 10.2 Å². The highest BCUT2D eigenvalue weighted by atomic mass is 16.3. The summed E-state index contributed by atoms with van der Waals surface area (Å²) in [6.07, 6.45) is 3.47. The second-order valence-corrected chi connectivity index (χ2v) is 6.90. The zero-order valence-electron chi connectivity index (χ0n) is 14.1. The van der Waals surface area contributed by atoms with Crippen molar-refractivity contribution >= 4 is 11.0 Å². The number of aromatic nitrogens is 2. The molecule has 3 rings (SSSR count). The van der Waals surface area contributed by atoms with Gasteiger partial charge in [-0.15, -0.1) is 0 Å². The lowest BCUT2D eigenvalue weighted by atomic mass is 9.98. The first-order valence-electron chi connectivity index (χ1n) is 8.50. The Labute approximate surface area is 137 Å². The van der Waals surface area contributed by atoms with Gasteiger partial charge in [0.05, 0.1) is 30.0 Å². The second kappa shape index (κ2) is 6.99. The van der Waals surface area contributed by atoms with Gasteiger partial charge < -0.3 is 19.7 Å². The normalized spacial score (nSPS) is 18.6. The van der Waals surface area contributed by atoms with Crippen molar-refractivity contribution in [3.05, 3.63) is 29.6 Å². The number of likely N-dealkylation sites (tertiary alicyclic amines) is 1. The minimum Gasteiger partial charge on any atom is -0.396 e. The first-order valence-corrected chi connectivity index (χ1v) is 8.50. The number of imidazole rings is 1. The molecule has 1 fully saturated rings. The molecule has 0 bridgehead atoms. The van der Waals surface area contributed by atoms with Crippen molar-refractivity contribution < 1.29 is 10.2 Å². The van der Waals surface area contributed by atoms with Crippen molar-refractivity contribution in [3.63, 3.8) is 0 Å². The van der Waals surface area contributed by atoms with Gasteiger partial charge in [0.25, 0.3) is 0 Å². The molecule has 1 saturated heterocycles. The van der Waals surface area contributed by atoms with Crippen LogP contribution in [0.5, 0.6) is 0 Å². The summed E-state index contributed by atoms with van der Waals surface area (Å²) in [6, 6.07) is 4.25. The van der Waals surface area contributed by atoms with Crippen LogP contribution in [-0.2, 0) is 6.54 Å². The first kappa shape index (κ1) is 16.4. The fraction of sp³-hybridized carbons (Fsp3) is 0.611. The monoisotopic (exact) mass is 317 g/mol. The average Bonchev–Trinajstić information content (AvgIpc) is 2.90. The van der Waals surface area contributed by atoms with Crippen LogP contribution in [-0.4, -0.2) is 57.0 Å². The molecule has 2 N–H and O–H groups in total. The van der Waals surface area contributed by atoms with Crippen LogP contribution < -0.4 is 0 Å². The molecule has 0 saturated carbocycles. The third kappa shape index (κ3) is 3.74. The minimum absolute atomic E-state index is 0.288. The molecular formula is C18H27N3O2. The molecule has 0 amide bonds. The van der Waals surface area contributed by atoms with Crippen LogP contribution >= 0.6 is 0 Å². The molecule has 2 aromatic rings. The summed E-state index contributed by atoms with van der Waals surface area (Å²) in [5.41, 5.74) is 4.57. The van der Waals surface area contributed by atoms with E-state index in [1.54, 1.807) is 0 Å². The summed E-state index contributed by atoms with van der Waals surface area (Å²) in [6.45, 7) is 7.67. The van der Waals surface area contributed by atoms with Gasteiger partial charge in [-0.05, 0) is 69.0 Å². The zero-order chi connectivity index (χ0) is 16.4. The fourth-order valence-electron chi connectivity index (χ4n) is 3.39. The Kier molecular flexibility index (Phi) is 4.99. The maximum atomic E-state index is 10.4. The molecule has 1 aromatic heterocycles. The molecule has 126 valence electrons. The molecule has 1 atom stereocenters. The van der Waals surface area contributed by atoms with Gasteiger partial charge in [0, 0.05) is 13.2 Å². The van der Waals surface area contributed by atoms with Crippen molar-refractivity contribution in [2.75, 3.05) is 26.2 Å². The third-order valence-electron chi connectivity index (χ3n) is 5.08. The van der Waals surface area contributed by atoms with Crippen molar-refractivity contribution in [3.8, 4) is 0 Å². The summed E-state index contributed by atoms with van der Waals surface area (Å²) in [5.74, 6) is 0.437. The van der Waals surface area contributed by atoms with Gasteiger partial charge in [-0.3, -0.25) is 0 Å². The van der Waals surface area contributed by atoms with E-state index in [2.05, 4.69) is 35.9 Å². The standard InChI is InChI=1S/C18H27N3O2/c1-13-7-17-18(8-14(13)2)21(12-19-17)10-16(23)9-20-5-3-15(11-22)4-6-20/h7-8,12,15-16,22-23H,3-6,9-11H2,1-2H3. The number of nitrogens with zero attached hydrogens (tertiary/aromatic N) is 3. The van der Waals surface area contributed by atoms with Gasteiger partial charge in [-0.25, -0.2) is 4.98 Å².